The van der Waals surface area contributed by atoms with Crippen LogP contribution in [-0.2, 0) is 4.57 Å². The van der Waals surface area contributed by atoms with Crippen LogP contribution < -0.4 is 0 Å². The van der Waals surface area contributed by atoms with Gasteiger partial charge in [-0.2, -0.15) is 0 Å². The Balaban J connectivity index is 2.78. The lowest BCUT2D eigenvalue weighted by atomic mass is 10.2. The van der Waals surface area contributed by atoms with E-state index >= 15 is 0 Å². The van der Waals surface area contributed by atoms with Crippen LogP contribution in [0.25, 0.3) is 6.08 Å². The smallest absolute Gasteiger partial charge is 0.321 e. The van der Waals surface area contributed by atoms with E-state index in [0.29, 0.717) is 0 Å². The number of rotatable bonds is 2. The molecule has 0 saturated carbocycles. The fraction of sp³-hybridized carbons (Fsp3) is 0. The van der Waals surface area contributed by atoms with Gasteiger partial charge >= 0.3 is 7.60 Å². The SMILES string of the molecule is O=P(O)(O)C=Cc1ccccc1. The first-order valence-electron chi connectivity index (χ1n) is 3.37. The Morgan fingerprint density at radius 2 is 1.75 bits per heavy atom. The van der Waals surface area contributed by atoms with E-state index in [-0.39, 0.29) is 0 Å². The highest BCUT2D eigenvalue weighted by atomic mass is 31.2. The number of hydrogen-bond acceptors (Lipinski definition) is 1. The van der Waals surface area contributed by atoms with Gasteiger partial charge in [0, 0.05) is 5.82 Å². The van der Waals surface area contributed by atoms with Gasteiger partial charge in [-0.1, -0.05) is 30.3 Å². The summed E-state index contributed by atoms with van der Waals surface area (Å²) in [5.41, 5.74) is 0.779. The second kappa shape index (κ2) is 3.68. The normalized spacial score (nSPS) is 12.2. The molecular weight excluding hydrogens is 175 g/mol. The molecule has 64 valence electrons. The molecule has 0 bridgehead atoms. The minimum Gasteiger partial charge on any atom is -0.321 e. The van der Waals surface area contributed by atoms with Gasteiger partial charge in [-0.05, 0) is 11.6 Å². The van der Waals surface area contributed by atoms with Crippen LogP contribution in [0.2, 0.25) is 0 Å². The predicted octanol–water partition coefficient (Wildman–Crippen LogP) is 1.83. The summed E-state index contributed by atoms with van der Waals surface area (Å²) in [6.07, 6.45) is 1.40. The van der Waals surface area contributed by atoms with E-state index in [4.69, 9.17) is 9.79 Å². The molecule has 0 heterocycles. The van der Waals surface area contributed by atoms with E-state index in [2.05, 4.69) is 0 Å². The zero-order valence-electron chi connectivity index (χ0n) is 6.29. The lowest BCUT2D eigenvalue weighted by Gasteiger charge is -1.94. The Morgan fingerprint density at radius 3 is 2.25 bits per heavy atom. The molecule has 12 heavy (non-hydrogen) atoms. The summed E-state index contributed by atoms with van der Waals surface area (Å²) < 4.78 is 10.4. The van der Waals surface area contributed by atoms with Crippen molar-refractivity contribution in [3.05, 3.63) is 41.7 Å². The van der Waals surface area contributed by atoms with Gasteiger partial charge in [-0.15, -0.1) is 0 Å². The van der Waals surface area contributed by atoms with Crippen LogP contribution in [0, 0.1) is 0 Å². The first-order chi connectivity index (χ1) is 5.58. The van der Waals surface area contributed by atoms with Crippen LogP contribution in [0.1, 0.15) is 5.56 Å². The molecule has 0 radical (unpaired) electrons. The molecule has 0 amide bonds. The zero-order valence-corrected chi connectivity index (χ0v) is 7.19. The fourth-order valence-electron chi connectivity index (χ4n) is 0.747. The highest BCUT2D eigenvalue weighted by Gasteiger charge is 2.04. The zero-order chi connectivity index (χ0) is 9.03. The second-order valence-electron chi connectivity index (χ2n) is 2.32. The highest BCUT2D eigenvalue weighted by molar-refractivity contribution is 7.55. The third kappa shape index (κ3) is 3.49. The Morgan fingerprint density at radius 1 is 1.17 bits per heavy atom. The topological polar surface area (TPSA) is 57.5 Å². The summed E-state index contributed by atoms with van der Waals surface area (Å²) in [5, 5.41) is 0. The van der Waals surface area contributed by atoms with Gasteiger partial charge in [-0.3, -0.25) is 4.57 Å². The molecule has 1 rings (SSSR count). The number of hydrogen-bond donors (Lipinski definition) is 2. The molecule has 0 atom stereocenters. The third-order valence-electron chi connectivity index (χ3n) is 1.26. The van der Waals surface area contributed by atoms with E-state index in [0.717, 1.165) is 11.4 Å². The summed E-state index contributed by atoms with van der Waals surface area (Å²) in [6.45, 7) is 0. The van der Waals surface area contributed by atoms with Crippen molar-refractivity contribution in [3.63, 3.8) is 0 Å². The molecule has 1 aromatic rings. The fourth-order valence-corrected chi connectivity index (χ4v) is 1.11. The van der Waals surface area contributed by atoms with Crippen LogP contribution in [0.5, 0.6) is 0 Å². The molecule has 0 aliphatic rings. The second-order valence-corrected chi connectivity index (χ2v) is 3.79. The maximum absolute atomic E-state index is 10.4. The van der Waals surface area contributed by atoms with Crippen molar-refractivity contribution >= 4 is 13.7 Å². The minimum atomic E-state index is -4.01. The van der Waals surface area contributed by atoms with Gasteiger partial charge in [0.15, 0.2) is 0 Å². The standard InChI is InChI=1S/C8H9O3P/c9-12(10,11)7-6-8-4-2-1-3-5-8/h1-7H,(H2,9,10,11). The summed E-state index contributed by atoms with van der Waals surface area (Å²) in [5.74, 6) is 0.891. The Bertz CT molecular complexity index is 312. The first-order valence-corrected chi connectivity index (χ1v) is 5.06. The molecule has 0 spiro atoms. The quantitative estimate of drug-likeness (QED) is 0.689. The van der Waals surface area contributed by atoms with Gasteiger partial charge in [0.05, 0.1) is 0 Å². The van der Waals surface area contributed by atoms with Gasteiger partial charge < -0.3 is 9.79 Å². The van der Waals surface area contributed by atoms with Crippen molar-refractivity contribution in [1.82, 2.24) is 0 Å². The van der Waals surface area contributed by atoms with Crippen molar-refractivity contribution < 1.29 is 14.4 Å². The average Bonchev–Trinajstić information content (AvgIpc) is 2.02. The highest BCUT2D eigenvalue weighted by Crippen LogP contribution is 2.36. The summed E-state index contributed by atoms with van der Waals surface area (Å²) >= 11 is 0. The van der Waals surface area contributed by atoms with Gasteiger partial charge in [-0.25, -0.2) is 0 Å². The average molecular weight is 184 g/mol. The van der Waals surface area contributed by atoms with Crippen molar-refractivity contribution in [3.8, 4) is 0 Å². The molecule has 4 heteroatoms. The van der Waals surface area contributed by atoms with E-state index in [1.165, 1.54) is 6.08 Å². The molecule has 0 aliphatic carbocycles. The molecule has 2 N–H and O–H groups in total. The van der Waals surface area contributed by atoms with Crippen molar-refractivity contribution in [1.29, 1.82) is 0 Å². The molecule has 0 unspecified atom stereocenters. The largest absolute Gasteiger partial charge is 0.349 e. The van der Waals surface area contributed by atoms with Crippen LogP contribution in [0.4, 0.5) is 0 Å². The molecule has 0 saturated heterocycles. The Hall–Kier alpha value is -0.890. The maximum Gasteiger partial charge on any atom is 0.349 e. The van der Waals surface area contributed by atoms with Gasteiger partial charge in [0.2, 0.25) is 0 Å². The maximum atomic E-state index is 10.4. The first kappa shape index (κ1) is 9.20. The molecule has 3 nitrogen and oxygen atoms in total. The van der Waals surface area contributed by atoms with Crippen LogP contribution >= 0.6 is 7.60 Å². The lowest BCUT2D eigenvalue weighted by Crippen LogP contribution is -1.71. The van der Waals surface area contributed by atoms with E-state index in [1.54, 1.807) is 24.3 Å². The van der Waals surface area contributed by atoms with Crippen LogP contribution in [0.3, 0.4) is 0 Å². The summed E-state index contributed by atoms with van der Waals surface area (Å²) in [4.78, 5) is 17.0. The van der Waals surface area contributed by atoms with Crippen LogP contribution in [0.15, 0.2) is 36.1 Å². The third-order valence-corrected chi connectivity index (χ3v) is 1.80. The molecular formula is C8H9O3P. The van der Waals surface area contributed by atoms with E-state index in [1.807, 2.05) is 6.07 Å². The predicted molar refractivity (Wildman–Crippen MR) is 47.5 cm³/mol. The van der Waals surface area contributed by atoms with Crippen molar-refractivity contribution in [2.45, 2.75) is 0 Å². The molecule has 0 fully saturated rings. The van der Waals surface area contributed by atoms with E-state index < -0.39 is 7.60 Å². The van der Waals surface area contributed by atoms with Gasteiger partial charge in [0.1, 0.15) is 0 Å². The van der Waals surface area contributed by atoms with E-state index in [9.17, 15) is 4.57 Å². The van der Waals surface area contributed by atoms with Crippen LogP contribution in [-0.4, -0.2) is 9.79 Å². The summed E-state index contributed by atoms with van der Waals surface area (Å²) in [6, 6.07) is 8.99. The Kier molecular flexibility index (Phi) is 2.82. The van der Waals surface area contributed by atoms with Crippen molar-refractivity contribution in [2.75, 3.05) is 0 Å². The van der Waals surface area contributed by atoms with Gasteiger partial charge in [0.25, 0.3) is 0 Å². The Labute approximate surface area is 70.5 Å². The molecule has 1 aromatic carbocycles. The number of benzene rings is 1. The molecule has 0 aliphatic heterocycles. The summed E-state index contributed by atoms with van der Waals surface area (Å²) in [7, 11) is -4.01. The molecule has 0 aromatic heterocycles. The monoisotopic (exact) mass is 184 g/mol. The van der Waals surface area contributed by atoms with Crippen molar-refractivity contribution in [2.24, 2.45) is 0 Å². The lowest BCUT2D eigenvalue weighted by molar-refractivity contribution is 0.386. The minimum absolute atomic E-state index is 0.779.